The molecule has 1 heterocycles. The molecule has 3 nitrogen and oxygen atoms in total. The molecule has 0 bridgehead atoms. The van der Waals surface area contributed by atoms with Crippen LogP contribution in [-0.2, 0) is 0 Å². The van der Waals surface area contributed by atoms with Crippen LogP contribution >= 0.6 is 12.2 Å². The van der Waals surface area contributed by atoms with Crippen LogP contribution in [0.25, 0.3) is 0 Å². The molecule has 15 heavy (non-hydrogen) atoms. The number of pyridine rings is 1. The number of rotatable bonds is 3. The predicted octanol–water partition coefficient (Wildman–Crippen LogP) is 1.89. The van der Waals surface area contributed by atoms with Crippen LogP contribution in [0.5, 0.6) is 5.88 Å². The zero-order valence-corrected chi connectivity index (χ0v) is 9.07. The lowest BCUT2D eigenvalue weighted by Gasteiger charge is -2.10. The Labute approximate surface area is 91.5 Å². The van der Waals surface area contributed by atoms with Gasteiger partial charge in [0.1, 0.15) is 4.99 Å². The second-order valence-corrected chi connectivity index (χ2v) is 3.23. The van der Waals surface area contributed by atoms with Crippen LogP contribution in [0.1, 0.15) is 11.1 Å². The molecule has 6 heteroatoms. The molecule has 0 radical (unpaired) electrons. The fourth-order valence-corrected chi connectivity index (χ4v) is 1.18. The van der Waals surface area contributed by atoms with Gasteiger partial charge in [-0.15, -0.1) is 0 Å². The molecule has 0 aliphatic heterocycles. The van der Waals surface area contributed by atoms with E-state index in [1.165, 1.54) is 6.20 Å². The van der Waals surface area contributed by atoms with Crippen molar-refractivity contribution in [2.45, 2.75) is 13.5 Å². The van der Waals surface area contributed by atoms with Crippen molar-refractivity contribution < 1.29 is 13.5 Å². The van der Waals surface area contributed by atoms with Crippen molar-refractivity contribution in [1.82, 2.24) is 10.3 Å². The lowest BCUT2D eigenvalue weighted by molar-refractivity contribution is -0.0529. The number of hydrogen-bond donors (Lipinski definition) is 1. The molecule has 0 spiro atoms. The van der Waals surface area contributed by atoms with Gasteiger partial charge in [-0.1, -0.05) is 12.2 Å². The smallest absolute Gasteiger partial charge is 0.388 e. The van der Waals surface area contributed by atoms with Crippen molar-refractivity contribution in [2.75, 3.05) is 7.05 Å². The number of alkyl halides is 2. The van der Waals surface area contributed by atoms with Gasteiger partial charge in [0, 0.05) is 13.2 Å². The van der Waals surface area contributed by atoms with Crippen molar-refractivity contribution in [3.63, 3.8) is 0 Å². The third kappa shape index (κ3) is 3.09. The highest BCUT2D eigenvalue weighted by Crippen LogP contribution is 2.18. The Bertz CT molecular complexity index is 371. The molecule has 1 rings (SSSR count). The molecule has 0 amide bonds. The second kappa shape index (κ2) is 4.97. The van der Waals surface area contributed by atoms with Crippen LogP contribution in [0.15, 0.2) is 12.3 Å². The highest BCUT2D eigenvalue weighted by Gasteiger charge is 2.13. The van der Waals surface area contributed by atoms with Gasteiger partial charge in [-0.05, 0) is 18.6 Å². The standard InChI is InChI=1S/C9H10F2N2OS/c1-5-3-6(8(15)12-2)7(13-4-5)14-9(10)11/h3-4,9H,1-2H3,(H,12,15). The summed E-state index contributed by atoms with van der Waals surface area (Å²) in [4.78, 5) is 4.08. The number of thiocarbonyl (C=S) groups is 1. The highest BCUT2D eigenvalue weighted by atomic mass is 32.1. The summed E-state index contributed by atoms with van der Waals surface area (Å²) >= 11 is 4.95. The first-order valence-corrected chi connectivity index (χ1v) is 4.59. The molecule has 1 N–H and O–H groups in total. The maximum absolute atomic E-state index is 12.0. The Morgan fingerprint density at radius 1 is 1.60 bits per heavy atom. The Hall–Kier alpha value is -1.30. The first-order valence-electron chi connectivity index (χ1n) is 4.18. The summed E-state index contributed by atoms with van der Waals surface area (Å²) in [5.74, 6) is -0.157. The minimum atomic E-state index is -2.90. The summed E-state index contributed by atoms with van der Waals surface area (Å²) in [5, 5.41) is 2.69. The molecule has 0 atom stereocenters. The zero-order chi connectivity index (χ0) is 11.4. The van der Waals surface area contributed by atoms with Crippen molar-refractivity contribution >= 4 is 17.2 Å². The summed E-state index contributed by atoms with van der Waals surface area (Å²) in [5.41, 5.74) is 1.19. The van der Waals surface area contributed by atoms with Gasteiger partial charge in [0.05, 0.1) is 5.56 Å². The largest absolute Gasteiger partial charge is 0.416 e. The highest BCUT2D eigenvalue weighted by molar-refractivity contribution is 7.80. The summed E-state index contributed by atoms with van der Waals surface area (Å²) in [6, 6.07) is 1.64. The fourth-order valence-electron chi connectivity index (χ4n) is 1.03. The maximum atomic E-state index is 12.0. The third-order valence-electron chi connectivity index (χ3n) is 1.66. The Kier molecular flexibility index (Phi) is 3.90. The molecular weight excluding hydrogens is 222 g/mol. The minimum Gasteiger partial charge on any atom is -0.416 e. The van der Waals surface area contributed by atoms with E-state index in [0.717, 1.165) is 5.56 Å². The minimum absolute atomic E-state index is 0.157. The van der Waals surface area contributed by atoms with Gasteiger partial charge in [-0.3, -0.25) is 0 Å². The van der Waals surface area contributed by atoms with E-state index in [0.29, 0.717) is 10.6 Å². The average Bonchev–Trinajstić information content (AvgIpc) is 2.19. The lowest BCUT2D eigenvalue weighted by Crippen LogP contribution is -2.19. The van der Waals surface area contributed by atoms with Gasteiger partial charge < -0.3 is 10.1 Å². The SMILES string of the molecule is CNC(=S)c1cc(C)cnc1OC(F)F. The van der Waals surface area contributed by atoms with Gasteiger partial charge in [0.25, 0.3) is 0 Å². The second-order valence-electron chi connectivity index (χ2n) is 2.82. The van der Waals surface area contributed by atoms with Crippen LogP contribution in [0.3, 0.4) is 0 Å². The number of ether oxygens (including phenoxy) is 1. The van der Waals surface area contributed by atoms with Gasteiger partial charge in [0.2, 0.25) is 5.88 Å². The van der Waals surface area contributed by atoms with Crippen LogP contribution in [-0.4, -0.2) is 23.6 Å². The summed E-state index contributed by atoms with van der Waals surface area (Å²) < 4.78 is 28.3. The molecule has 0 fully saturated rings. The zero-order valence-electron chi connectivity index (χ0n) is 8.25. The normalized spacial score (nSPS) is 10.2. The summed E-state index contributed by atoms with van der Waals surface area (Å²) in [7, 11) is 1.61. The quantitative estimate of drug-likeness (QED) is 0.807. The molecule has 0 aliphatic rings. The van der Waals surface area contributed by atoms with Crippen LogP contribution in [0.2, 0.25) is 0 Å². The van der Waals surface area contributed by atoms with E-state index in [1.807, 2.05) is 0 Å². The number of hydrogen-bond acceptors (Lipinski definition) is 3. The lowest BCUT2D eigenvalue weighted by atomic mass is 10.2. The average molecular weight is 232 g/mol. The van der Waals surface area contributed by atoms with Gasteiger partial charge >= 0.3 is 6.61 Å². The molecule has 0 aliphatic carbocycles. The van der Waals surface area contributed by atoms with E-state index in [-0.39, 0.29) is 5.88 Å². The molecule has 1 aromatic heterocycles. The van der Waals surface area contributed by atoms with Crippen molar-refractivity contribution in [3.8, 4) is 5.88 Å². The van der Waals surface area contributed by atoms with Crippen molar-refractivity contribution in [2.24, 2.45) is 0 Å². The Morgan fingerprint density at radius 2 is 2.27 bits per heavy atom. The van der Waals surface area contributed by atoms with Gasteiger partial charge in [0.15, 0.2) is 0 Å². The summed E-state index contributed by atoms with van der Waals surface area (Å²) in [6.07, 6.45) is 1.44. The number of nitrogens with zero attached hydrogens (tertiary/aromatic N) is 1. The molecule has 82 valence electrons. The van der Waals surface area contributed by atoms with E-state index < -0.39 is 6.61 Å². The molecule has 0 unspecified atom stereocenters. The van der Waals surface area contributed by atoms with E-state index in [4.69, 9.17) is 12.2 Å². The first kappa shape index (κ1) is 11.8. The van der Waals surface area contributed by atoms with E-state index in [9.17, 15) is 8.78 Å². The van der Waals surface area contributed by atoms with Gasteiger partial charge in [-0.2, -0.15) is 8.78 Å². The van der Waals surface area contributed by atoms with Crippen LogP contribution < -0.4 is 10.1 Å². The number of halogens is 2. The van der Waals surface area contributed by atoms with Crippen LogP contribution in [0, 0.1) is 6.92 Å². The molecule has 0 saturated carbocycles. The van der Waals surface area contributed by atoms with E-state index >= 15 is 0 Å². The maximum Gasteiger partial charge on any atom is 0.388 e. The molecule has 1 aromatic rings. The fraction of sp³-hybridized carbons (Fsp3) is 0.333. The third-order valence-corrected chi connectivity index (χ3v) is 2.08. The van der Waals surface area contributed by atoms with E-state index in [1.54, 1.807) is 20.0 Å². The monoisotopic (exact) mass is 232 g/mol. The van der Waals surface area contributed by atoms with Crippen LogP contribution in [0.4, 0.5) is 8.78 Å². The number of aromatic nitrogens is 1. The predicted molar refractivity (Wildman–Crippen MR) is 56.4 cm³/mol. The van der Waals surface area contributed by atoms with Gasteiger partial charge in [-0.25, -0.2) is 4.98 Å². The molecular formula is C9H10F2N2OS. The molecule has 0 saturated heterocycles. The topological polar surface area (TPSA) is 34.2 Å². The Morgan fingerprint density at radius 3 is 2.80 bits per heavy atom. The number of nitrogens with one attached hydrogen (secondary N) is 1. The van der Waals surface area contributed by atoms with E-state index in [2.05, 4.69) is 15.0 Å². The summed E-state index contributed by atoms with van der Waals surface area (Å²) in [6.45, 7) is -1.11. The van der Waals surface area contributed by atoms with Crippen molar-refractivity contribution in [3.05, 3.63) is 23.4 Å². The van der Waals surface area contributed by atoms with Crippen molar-refractivity contribution in [1.29, 1.82) is 0 Å². The first-order chi connectivity index (χ1) is 7.04. The molecule has 0 aromatic carbocycles. The Balaban J connectivity index is 3.08. The number of aryl methyl sites for hydroxylation is 1.